The van der Waals surface area contributed by atoms with Crippen LogP contribution in [0.3, 0.4) is 0 Å². The van der Waals surface area contributed by atoms with E-state index in [9.17, 15) is 14.4 Å². The van der Waals surface area contributed by atoms with Gasteiger partial charge in [0.15, 0.2) is 5.78 Å². The van der Waals surface area contributed by atoms with Gasteiger partial charge in [-0.05, 0) is 43.3 Å². The van der Waals surface area contributed by atoms with Gasteiger partial charge in [-0.3, -0.25) is 19.9 Å². The van der Waals surface area contributed by atoms with Crippen LogP contribution < -0.4 is 15.4 Å². The van der Waals surface area contributed by atoms with Crippen molar-refractivity contribution < 1.29 is 19.1 Å². The number of nitrogens with zero attached hydrogens (tertiary/aromatic N) is 2. The van der Waals surface area contributed by atoms with E-state index in [1.165, 1.54) is 11.3 Å². The van der Waals surface area contributed by atoms with Crippen molar-refractivity contribution in [2.75, 3.05) is 25.0 Å². The summed E-state index contributed by atoms with van der Waals surface area (Å²) in [4.78, 5) is 45.5. The number of urea groups is 1. The number of thiophene rings is 1. The molecule has 2 aliphatic heterocycles. The number of pyridine rings is 1. The third-order valence-electron chi connectivity index (χ3n) is 7.39. The van der Waals surface area contributed by atoms with Crippen LogP contribution in [0, 0.1) is 0 Å². The van der Waals surface area contributed by atoms with Crippen molar-refractivity contribution in [3.8, 4) is 17.0 Å². The molecular formula is C30H28N4O4S. The Kier molecular flexibility index (Phi) is 6.52. The third kappa shape index (κ3) is 4.74. The molecule has 4 aromatic rings. The van der Waals surface area contributed by atoms with Crippen molar-refractivity contribution in [2.45, 2.75) is 31.8 Å². The molecule has 1 spiro atoms. The standard InChI is InChI=1S/C30H28N4O4S/c1-2-31-29(37)33-27-26(20-7-3-4-9-25(20)39-27)28(36)34-15-12-30(13-16-34)18-23(35)21-17-19(10-11-24(21)38-30)22-8-5-6-14-32-22/h3-11,14,17H,2,12-13,15-16,18H2,1H3,(H2,31,33,37). The predicted octanol–water partition coefficient (Wildman–Crippen LogP) is 5.74. The van der Waals surface area contributed by atoms with Gasteiger partial charge >= 0.3 is 6.03 Å². The van der Waals surface area contributed by atoms with Gasteiger partial charge in [-0.2, -0.15) is 0 Å². The van der Waals surface area contributed by atoms with E-state index in [0.29, 0.717) is 54.4 Å². The Morgan fingerprint density at radius 3 is 2.64 bits per heavy atom. The second-order valence-electron chi connectivity index (χ2n) is 9.89. The number of ether oxygens (including phenoxy) is 1. The van der Waals surface area contributed by atoms with Gasteiger partial charge in [0, 0.05) is 54.3 Å². The van der Waals surface area contributed by atoms with E-state index in [4.69, 9.17) is 4.74 Å². The lowest BCUT2D eigenvalue weighted by Crippen LogP contribution is -2.52. The van der Waals surface area contributed by atoms with Crippen molar-refractivity contribution in [3.05, 3.63) is 78.0 Å². The molecule has 0 bridgehead atoms. The van der Waals surface area contributed by atoms with Gasteiger partial charge in [0.1, 0.15) is 16.4 Å². The zero-order valence-corrected chi connectivity index (χ0v) is 22.3. The maximum Gasteiger partial charge on any atom is 0.319 e. The molecule has 9 heteroatoms. The molecule has 0 saturated carbocycles. The highest BCUT2D eigenvalue weighted by molar-refractivity contribution is 7.23. The first-order chi connectivity index (χ1) is 19.0. The summed E-state index contributed by atoms with van der Waals surface area (Å²) in [6.45, 7) is 3.24. The van der Waals surface area contributed by atoms with Crippen LogP contribution in [0.4, 0.5) is 9.80 Å². The summed E-state index contributed by atoms with van der Waals surface area (Å²) in [6, 6.07) is 18.7. The molecule has 0 radical (unpaired) electrons. The molecule has 198 valence electrons. The fraction of sp³-hybridized carbons (Fsp3) is 0.267. The van der Waals surface area contributed by atoms with E-state index < -0.39 is 5.60 Å². The maximum absolute atomic E-state index is 13.8. The molecule has 2 N–H and O–H groups in total. The van der Waals surface area contributed by atoms with E-state index in [-0.39, 0.29) is 24.1 Å². The average molecular weight is 541 g/mol. The van der Waals surface area contributed by atoms with Crippen molar-refractivity contribution in [2.24, 2.45) is 0 Å². The van der Waals surface area contributed by atoms with Crippen LogP contribution in [-0.4, -0.2) is 52.8 Å². The van der Waals surface area contributed by atoms with Crippen LogP contribution in [0.15, 0.2) is 66.9 Å². The number of hydrogen-bond donors (Lipinski definition) is 2. The number of anilines is 1. The molecule has 2 aromatic carbocycles. The zero-order chi connectivity index (χ0) is 27.0. The molecule has 6 rings (SSSR count). The van der Waals surface area contributed by atoms with Crippen LogP contribution >= 0.6 is 11.3 Å². The van der Waals surface area contributed by atoms with Crippen LogP contribution in [0.25, 0.3) is 21.3 Å². The number of likely N-dealkylation sites (tertiary alicyclic amines) is 1. The van der Waals surface area contributed by atoms with E-state index in [1.807, 2.05) is 67.6 Å². The molecule has 1 saturated heterocycles. The van der Waals surface area contributed by atoms with Gasteiger partial charge in [-0.1, -0.05) is 24.3 Å². The molecule has 0 atom stereocenters. The molecule has 3 amide bonds. The Morgan fingerprint density at radius 1 is 1.08 bits per heavy atom. The second kappa shape index (κ2) is 10.1. The molecule has 39 heavy (non-hydrogen) atoms. The summed E-state index contributed by atoms with van der Waals surface area (Å²) < 4.78 is 7.41. The first-order valence-corrected chi connectivity index (χ1v) is 13.9. The summed E-state index contributed by atoms with van der Waals surface area (Å²) >= 11 is 1.39. The topological polar surface area (TPSA) is 101 Å². The number of benzene rings is 2. The van der Waals surface area contributed by atoms with E-state index in [1.54, 1.807) is 11.1 Å². The largest absolute Gasteiger partial charge is 0.486 e. The van der Waals surface area contributed by atoms with Crippen LogP contribution in [-0.2, 0) is 0 Å². The Morgan fingerprint density at radius 2 is 1.87 bits per heavy atom. The normalized spacial score (nSPS) is 16.0. The molecule has 0 aliphatic carbocycles. The molecule has 8 nitrogen and oxygen atoms in total. The van der Waals surface area contributed by atoms with Crippen molar-refractivity contribution in [1.29, 1.82) is 0 Å². The Hall–Kier alpha value is -4.24. The fourth-order valence-corrected chi connectivity index (χ4v) is 6.48. The number of amides is 3. The number of piperidine rings is 1. The van der Waals surface area contributed by atoms with E-state index in [2.05, 4.69) is 15.6 Å². The smallest absolute Gasteiger partial charge is 0.319 e. The Bertz CT molecular complexity index is 1570. The van der Waals surface area contributed by atoms with Crippen molar-refractivity contribution in [1.82, 2.24) is 15.2 Å². The number of fused-ring (bicyclic) bond motifs is 2. The van der Waals surface area contributed by atoms with Gasteiger partial charge in [-0.25, -0.2) is 4.79 Å². The molecule has 4 heterocycles. The van der Waals surface area contributed by atoms with Gasteiger partial charge < -0.3 is 15.0 Å². The van der Waals surface area contributed by atoms with Gasteiger partial charge in [0.2, 0.25) is 0 Å². The highest BCUT2D eigenvalue weighted by Gasteiger charge is 2.44. The highest BCUT2D eigenvalue weighted by atomic mass is 32.1. The van der Waals surface area contributed by atoms with Crippen molar-refractivity contribution in [3.63, 3.8) is 0 Å². The van der Waals surface area contributed by atoms with Crippen LogP contribution in [0.1, 0.15) is 46.9 Å². The van der Waals surface area contributed by atoms with Crippen molar-refractivity contribution >= 4 is 44.1 Å². The molecule has 2 aliphatic rings. The fourth-order valence-electron chi connectivity index (χ4n) is 5.39. The summed E-state index contributed by atoms with van der Waals surface area (Å²) in [5, 5.41) is 6.94. The number of aromatic nitrogens is 1. The van der Waals surface area contributed by atoms with E-state index in [0.717, 1.165) is 21.3 Å². The van der Waals surface area contributed by atoms with Gasteiger partial charge in [0.05, 0.1) is 23.2 Å². The maximum atomic E-state index is 13.8. The predicted molar refractivity (Wildman–Crippen MR) is 152 cm³/mol. The number of Topliss-reactive ketones (excluding diaryl/α,β-unsaturated/α-hetero) is 1. The first kappa shape index (κ1) is 25.1. The highest BCUT2D eigenvalue weighted by Crippen LogP contribution is 2.42. The number of carbonyl (C=O) groups is 3. The third-order valence-corrected chi connectivity index (χ3v) is 8.47. The first-order valence-electron chi connectivity index (χ1n) is 13.1. The molecular weight excluding hydrogens is 512 g/mol. The van der Waals surface area contributed by atoms with E-state index >= 15 is 0 Å². The van der Waals surface area contributed by atoms with Gasteiger partial charge in [0.25, 0.3) is 5.91 Å². The summed E-state index contributed by atoms with van der Waals surface area (Å²) in [5.41, 5.74) is 2.13. The summed E-state index contributed by atoms with van der Waals surface area (Å²) in [6.07, 6.45) is 3.11. The minimum Gasteiger partial charge on any atom is -0.486 e. The molecule has 1 fully saturated rings. The SMILES string of the molecule is CCNC(=O)Nc1sc2ccccc2c1C(=O)N1CCC2(CC1)CC(=O)c1cc(-c3ccccn3)ccc1O2. The van der Waals surface area contributed by atoms with Crippen LogP contribution in [0.5, 0.6) is 5.75 Å². The van der Waals surface area contributed by atoms with Crippen LogP contribution in [0.2, 0.25) is 0 Å². The molecule has 0 unspecified atom stereocenters. The summed E-state index contributed by atoms with van der Waals surface area (Å²) in [5.74, 6) is 0.505. The lowest BCUT2D eigenvalue weighted by Gasteiger charge is -2.44. The number of hydrogen-bond acceptors (Lipinski definition) is 6. The average Bonchev–Trinajstić information content (AvgIpc) is 3.31. The second-order valence-corrected chi connectivity index (χ2v) is 10.9. The monoisotopic (exact) mass is 540 g/mol. The zero-order valence-electron chi connectivity index (χ0n) is 21.5. The Labute approximate surface area is 230 Å². The molecule has 2 aromatic heterocycles. The van der Waals surface area contributed by atoms with Gasteiger partial charge in [-0.15, -0.1) is 11.3 Å². The lowest BCUT2D eigenvalue weighted by atomic mass is 9.82. The summed E-state index contributed by atoms with van der Waals surface area (Å²) in [7, 11) is 0. The number of carbonyl (C=O) groups excluding carboxylic acids is 3. The minimum atomic E-state index is -0.633. The number of rotatable bonds is 4. The quantitative estimate of drug-likeness (QED) is 0.344. The Balaban J connectivity index is 1.21. The number of ketones is 1. The minimum absolute atomic E-state index is 0.0473. The number of nitrogens with one attached hydrogen (secondary N) is 2. The lowest BCUT2D eigenvalue weighted by molar-refractivity contribution is -0.00561.